The van der Waals surface area contributed by atoms with E-state index in [1.807, 2.05) is 20.8 Å². The Balaban J connectivity index is 2.58. The van der Waals surface area contributed by atoms with Crippen LogP contribution in [-0.2, 0) is 4.79 Å². The van der Waals surface area contributed by atoms with Crippen LogP contribution >= 0.6 is 0 Å². The Morgan fingerprint density at radius 3 is 2.08 bits per heavy atom. The second-order valence-corrected chi connectivity index (χ2v) is 5.20. The molecular formula is C10H16O3. The molecule has 74 valence electrons. The lowest BCUT2D eigenvalue weighted by molar-refractivity contribution is -0.202. The van der Waals surface area contributed by atoms with Crippen molar-refractivity contribution in [3.8, 4) is 0 Å². The Bertz CT molecular complexity index is 280. The predicted molar refractivity (Wildman–Crippen MR) is 46.8 cm³/mol. The van der Waals surface area contributed by atoms with Gasteiger partial charge in [0.05, 0.1) is 0 Å². The minimum absolute atomic E-state index is 0.284. The van der Waals surface area contributed by atoms with Crippen LogP contribution in [0.25, 0.3) is 0 Å². The van der Waals surface area contributed by atoms with Crippen molar-refractivity contribution in [1.82, 2.24) is 0 Å². The third-order valence-corrected chi connectivity index (χ3v) is 4.55. The molecule has 2 aliphatic carbocycles. The number of hydrogen-bond donors (Lipinski definition) is 2. The summed E-state index contributed by atoms with van der Waals surface area (Å²) in [6.07, 6.45) is 1.52. The fourth-order valence-corrected chi connectivity index (χ4v) is 3.18. The standard InChI is InChI=1S/C10H16O3/c1-8(2)6-4-5-9(8,3)7(11)10(6,12)13/h6,12-13H,4-5H2,1-3H3. The molecule has 2 aliphatic rings. The van der Waals surface area contributed by atoms with Gasteiger partial charge in [0.15, 0.2) is 5.78 Å². The topological polar surface area (TPSA) is 57.5 Å². The highest BCUT2D eigenvalue weighted by Gasteiger charge is 2.72. The van der Waals surface area contributed by atoms with Gasteiger partial charge < -0.3 is 10.2 Å². The van der Waals surface area contributed by atoms with Gasteiger partial charge in [-0.1, -0.05) is 20.8 Å². The highest BCUT2D eigenvalue weighted by molar-refractivity contribution is 5.95. The van der Waals surface area contributed by atoms with E-state index in [4.69, 9.17) is 0 Å². The molecule has 0 amide bonds. The number of hydrogen-bond acceptors (Lipinski definition) is 3. The molecule has 0 aromatic heterocycles. The van der Waals surface area contributed by atoms with E-state index in [9.17, 15) is 15.0 Å². The van der Waals surface area contributed by atoms with Crippen LogP contribution in [0.3, 0.4) is 0 Å². The number of rotatable bonds is 0. The van der Waals surface area contributed by atoms with E-state index in [-0.39, 0.29) is 17.1 Å². The number of aliphatic hydroxyl groups is 2. The largest absolute Gasteiger partial charge is 0.359 e. The highest BCUT2D eigenvalue weighted by Crippen LogP contribution is 2.66. The molecule has 0 radical (unpaired) electrons. The Morgan fingerprint density at radius 2 is 1.85 bits per heavy atom. The first-order valence-electron chi connectivity index (χ1n) is 4.74. The molecule has 2 saturated carbocycles. The second-order valence-electron chi connectivity index (χ2n) is 5.20. The average molecular weight is 184 g/mol. The van der Waals surface area contributed by atoms with Crippen LogP contribution in [0.4, 0.5) is 0 Å². The number of carbonyl (C=O) groups is 1. The average Bonchev–Trinajstić information content (AvgIpc) is 2.26. The van der Waals surface area contributed by atoms with E-state index in [0.717, 1.165) is 12.8 Å². The van der Waals surface area contributed by atoms with E-state index < -0.39 is 11.2 Å². The molecule has 3 heteroatoms. The Kier molecular flexibility index (Phi) is 1.40. The summed E-state index contributed by atoms with van der Waals surface area (Å²) >= 11 is 0. The minimum Gasteiger partial charge on any atom is -0.359 e. The van der Waals surface area contributed by atoms with Gasteiger partial charge in [-0.25, -0.2) is 0 Å². The summed E-state index contributed by atoms with van der Waals surface area (Å²) in [5.74, 6) is -2.75. The predicted octanol–water partition coefficient (Wildman–Crippen LogP) is 0.693. The monoisotopic (exact) mass is 184 g/mol. The fourth-order valence-electron chi connectivity index (χ4n) is 3.18. The maximum atomic E-state index is 11.7. The van der Waals surface area contributed by atoms with Gasteiger partial charge in [-0.05, 0) is 18.3 Å². The summed E-state index contributed by atoms with van der Waals surface area (Å²) in [6.45, 7) is 5.76. The summed E-state index contributed by atoms with van der Waals surface area (Å²) in [7, 11) is 0. The first kappa shape index (κ1) is 9.16. The summed E-state index contributed by atoms with van der Waals surface area (Å²) in [5.41, 5.74) is -0.825. The van der Waals surface area contributed by atoms with Crippen LogP contribution in [0.2, 0.25) is 0 Å². The Morgan fingerprint density at radius 1 is 1.31 bits per heavy atom. The van der Waals surface area contributed by atoms with Gasteiger partial charge in [0.1, 0.15) is 0 Å². The smallest absolute Gasteiger partial charge is 0.228 e. The van der Waals surface area contributed by atoms with Crippen LogP contribution in [-0.4, -0.2) is 21.8 Å². The third kappa shape index (κ3) is 0.716. The quantitative estimate of drug-likeness (QED) is 0.545. The summed E-state index contributed by atoms with van der Waals surface area (Å²) in [6, 6.07) is 0. The van der Waals surface area contributed by atoms with Gasteiger partial charge in [0.25, 0.3) is 0 Å². The Hall–Kier alpha value is -0.410. The molecule has 3 nitrogen and oxygen atoms in total. The normalized spacial score (nSPS) is 45.6. The van der Waals surface area contributed by atoms with Crippen molar-refractivity contribution in [2.45, 2.75) is 39.4 Å². The molecule has 2 rings (SSSR count). The number of carbonyl (C=O) groups excluding carboxylic acids is 1. The van der Waals surface area contributed by atoms with Crippen molar-refractivity contribution in [1.29, 1.82) is 0 Å². The zero-order valence-electron chi connectivity index (χ0n) is 8.29. The molecular weight excluding hydrogens is 168 g/mol. The zero-order chi connectivity index (χ0) is 10.1. The number of fused-ring (bicyclic) bond motifs is 2. The van der Waals surface area contributed by atoms with Gasteiger partial charge in [-0.15, -0.1) is 0 Å². The molecule has 0 aromatic rings. The van der Waals surface area contributed by atoms with Crippen LogP contribution in [0.15, 0.2) is 0 Å². The van der Waals surface area contributed by atoms with Gasteiger partial charge >= 0.3 is 0 Å². The van der Waals surface area contributed by atoms with E-state index in [1.54, 1.807) is 0 Å². The molecule has 0 heterocycles. The van der Waals surface area contributed by atoms with Crippen molar-refractivity contribution in [3.05, 3.63) is 0 Å². The first-order chi connectivity index (χ1) is 5.74. The second kappa shape index (κ2) is 1.98. The molecule has 13 heavy (non-hydrogen) atoms. The van der Waals surface area contributed by atoms with Crippen LogP contribution in [0.5, 0.6) is 0 Å². The van der Waals surface area contributed by atoms with Gasteiger partial charge in [-0.2, -0.15) is 0 Å². The van der Waals surface area contributed by atoms with Gasteiger partial charge in [0, 0.05) is 11.3 Å². The molecule has 0 saturated heterocycles. The molecule has 2 N–H and O–H groups in total. The maximum Gasteiger partial charge on any atom is 0.228 e. The van der Waals surface area contributed by atoms with E-state index in [1.165, 1.54) is 0 Å². The molecule has 2 atom stereocenters. The minimum atomic E-state index is -2.07. The lowest BCUT2D eigenvalue weighted by atomic mass is 9.70. The first-order valence-corrected chi connectivity index (χ1v) is 4.74. The van der Waals surface area contributed by atoms with Crippen molar-refractivity contribution in [2.24, 2.45) is 16.7 Å². The van der Waals surface area contributed by atoms with Crippen molar-refractivity contribution in [3.63, 3.8) is 0 Å². The molecule has 0 spiro atoms. The van der Waals surface area contributed by atoms with E-state index in [2.05, 4.69) is 0 Å². The fraction of sp³-hybridized carbons (Fsp3) is 0.900. The third-order valence-electron chi connectivity index (χ3n) is 4.55. The molecule has 2 bridgehead atoms. The van der Waals surface area contributed by atoms with Gasteiger partial charge in [-0.3, -0.25) is 4.79 Å². The number of ketones is 1. The Labute approximate surface area is 77.8 Å². The molecule has 2 unspecified atom stereocenters. The summed E-state index contributed by atoms with van der Waals surface area (Å²) in [4.78, 5) is 11.7. The summed E-state index contributed by atoms with van der Waals surface area (Å²) in [5, 5.41) is 19.3. The van der Waals surface area contributed by atoms with Crippen molar-refractivity contribution >= 4 is 5.78 Å². The van der Waals surface area contributed by atoms with Crippen molar-refractivity contribution in [2.75, 3.05) is 0 Å². The van der Waals surface area contributed by atoms with Crippen LogP contribution in [0, 0.1) is 16.7 Å². The molecule has 0 aliphatic heterocycles. The SMILES string of the molecule is CC12CCC(C(O)(O)C1=O)C2(C)C. The molecule has 2 fully saturated rings. The number of Topliss-reactive ketones (excluding diaryl/α,β-unsaturated/α-hetero) is 1. The van der Waals surface area contributed by atoms with Crippen molar-refractivity contribution < 1.29 is 15.0 Å². The summed E-state index contributed by atoms with van der Waals surface area (Å²) < 4.78 is 0. The van der Waals surface area contributed by atoms with E-state index in [0.29, 0.717) is 0 Å². The van der Waals surface area contributed by atoms with Crippen LogP contribution < -0.4 is 0 Å². The lowest BCUT2D eigenvalue weighted by Crippen LogP contribution is -2.46. The van der Waals surface area contributed by atoms with Gasteiger partial charge in [0.2, 0.25) is 5.79 Å². The molecule has 0 aromatic carbocycles. The zero-order valence-corrected chi connectivity index (χ0v) is 8.29. The van der Waals surface area contributed by atoms with Crippen LogP contribution in [0.1, 0.15) is 33.6 Å². The van der Waals surface area contributed by atoms with E-state index >= 15 is 0 Å². The highest BCUT2D eigenvalue weighted by atomic mass is 16.5. The maximum absolute atomic E-state index is 11.7. The lowest BCUT2D eigenvalue weighted by Gasteiger charge is -2.31.